The first kappa shape index (κ1) is 17.7. The molecule has 0 aromatic rings. The monoisotopic (exact) mass is 301 g/mol. The Morgan fingerprint density at radius 1 is 1.38 bits per heavy atom. The van der Waals surface area contributed by atoms with Crippen molar-refractivity contribution in [2.75, 3.05) is 46.9 Å². The van der Waals surface area contributed by atoms with Crippen LogP contribution >= 0.6 is 0 Å². The van der Waals surface area contributed by atoms with Crippen LogP contribution in [0.4, 0.5) is 4.79 Å². The van der Waals surface area contributed by atoms with Crippen LogP contribution < -0.4 is 5.32 Å². The first-order chi connectivity index (χ1) is 9.76. The molecule has 1 unspecified atom stereocenters. The molecule has 1 saturated heterocycles. The van der Waals surface area contributed by atoms with Gasteiger partial charge in [0.2, 0.25) is 5.91 Å². The van der Waals surface area contributed by atoms with Crippen LogP contribution in [0.25, 0.3) is 0 Å². The second kappa shape index (κ2) is 7.61. The summed E-state index contributed by atoms with van der Waals surface area (Å²) in [6.07, 6.45) is -0.442. The van der Waals surface area contributed by atoms with Gasteiger partial charge in [-0.05, 0) is 20.8 Å². The summed E-state index contributed by atoms with van der Waals surface area (Å²) in [7, 11) is 3.30. The Bertz CT molecular complexity index is 368. The molecule has 1 aliphatic rings. The van der Waals surface area contributed by atoms with Crippen molar-refractivity contribution in [3.8, 4) is 0 Å². The van der Waals surface area contributed by atoms with E-state index in [2.05, 4.69) is 5.32 Å². The largest absolute Gasteiger partial charge is 0.444 e. The van der Waals surface area contributed by atoms with E-state index >= 15 is 0 Å². The van der Waals surface area contributed by atoms with Gasteiger partial charge in [-0.15, -0.1) is 0 Å². The highest BCUT2D eigenvalue weighted by atomic mass is 16.6. The zero-order valence-corrected chi connectivity index (χ0v) is 13.6. The fourth-order valence-electron chi connectivity index (χ4n) is 2.06. The molecule has 0 saturated carbocycles. The van der Waals surface area contributed by atoms with Gasteiger partial charge >= 0.3 is 6.09 Å². The molecule has 7 nitrogen and oxygen atoms in total. The van der Waals surface area contributed by atoms with Crippen LogP contribution in [0.15, 0.2) is 0 Å². The number of rotatable bonds is 4. The SMILES string of the molecule is COCCN(C)C(=O)C1CNCCN1C(=O)OC(C)(C)C. The quantitative estimate of drug-likeness (QED) is 0.809. The first-order valence-electron chi connectivity index (χ1n) is 7.20. The lowest BCUT2D eigenvalue weighted by molar-refractivity contribution is -0.136. The Morgan fingerprint density at radius 2 is 2.05 bits per heavy atom. The van der Waals surface area contributed by atoms with Crippen molar-refractivity contribution < 1.29 is 19.1 Å². The Hall–Kier alpha value is -1.34. The lowest BCUT2D eigenvalue weighted by atomic mass is 10.1. The minimum atomic E-state index is -0.572. The van der Waals surface area contributed by atoms with Crippen molar-refractivity contribution >= 4 is 12.0 Å². The van der Waals surface area contributed by atoms with Crippen LogP contribution in [0.1, 0.15) is 20.8 Å². The van der Waals surface area contributed by atoms with Gasteiger partial charge in [0.05, 0.1) is 6.61 Å². The van der Waals surface area contributed by atoms with Gasteiger partial charge in [-0.1, -0.05) is 0 Å². The molecule has 0 aliphatic carbocycles. The molecule has 1 fully saturated rings. The molecule has 1 rings (SSSR count). The highest BCUT2D eigenvalue weighted by molar-refractivity contribution is 5.86. The minimum Gasteiger partial charge on any atom is -0.444 e. The molecule has 0 bridgehead atoms. The van der Waals surface area contributed by atoms with Gasteiger partial charge in [-0.25, -0.2) is 4.79 Å². The molecule has 0 radical (unpaired) electrons. The molecule has 1 aliphatic heterocycles. The van der Waals surface area contributed by atoms with Crippen LogP contribution in [0.3, 0.4) is 0 Å². The van der Waals surface area contributed by atoms with Gasteiger partial charge in [-0.3, -0.25) is 9.69 Å². The van der Waals surface area contributed by atoms with Gasteiger partial charge in [0.1, 0.15) is 11.6 Å². The Balaban J connectivity index is 2.72. The third kappa shape index (κ3) is 5.51. The van der Waals surface area contributed by atoms with E-state index in [0.717, 1.165) is 0 Å². The molecular weight excluding hydrogens is 274 g/mol. The molecule has 1 heterocycles. The molecule has 1 N–H and O–H groups in total. The van der Waals surface area contributed by atoms with Crippen LogP contribution in [-0.4, -0.2) is 80.4 Å². The number of methoxy groups -OCH3 is 1. The fourth-order valence-corrected chi connectivity index (χ4v) is 2.06. The number of nitrogens with one attached hydrogen (secondary N) is 1. The molecule has 0 aromatic carbocycles. The number of amides is 2. The number of ether oxygens (including phenoxy) is 2. The van der Waals surface area contributed by atoms with Crippen molar-refractivity contribution in [3.63, 3.8) is 0 Å². The fraction of sp³-hybridized carbons (Fsp3) is 0.857. The van der Waals surface area contributed by atoms with E-state index in [1.54, 1.807) is 19.1 Å². The summed E-state index contributed by atoms with van der Waals surface area (Å²) in [5.41, 5.74) is -0.572. The average Bonchev–Trinajstić information content (AvgIpc) is 2.42. The van der Waals surface area contributed by atoms with Crippen LogP contribution in [0.5, 0.6) is 0 Å². The number of nitrogens with zero attached hydrogens (tertiary/aromatic N) is 2. The summed E-state index contributed by atoms with van der Waals surface area (Å²) in [5, 5.41) is 3.15. The second-order valence-electron chi connectivity index (χ2n) is 6.15. The summed E-state index contributed by atoms with van der Waals surface area (Å²) in [4.78, 5) is 27.8. The smallest absolute Gasteiger partial charge is 0.411 e. The summed E-state index contributed by atoms with van der Waals surface area (Å²) in [6.45, 7) is 7.96. The number of hydrogen-bond acceptors (Lipinski definition) is 5. The van der Waals surface area contributed by atoms with Crippen molar-refractivity contribution in [1.29, 1.82) is 0 Å². The molecule has 2 amide bonds. The summed E-state index contributed by atoms with van der Waals surface area (Å²) in [6, 6.07) is -0.532. The van der Waals surface area contributed by atoms with Gasteiger partial charge in [0, 0.05) is 40.3 Å². The molecule has 122 valence electrons. The summed E-state index contributed by atoms with van der Waals surface area (Å²) >= 11 is 0. The molecule has 0 spiro atoms. The first-order valence-corrected chi connectivity index (χ1v) is 7.20. The molecule has 7 heteroatoms. The van der Waals surface area contributed by atoms with Crippen molar-refractivity contribution in [1.82, 2.24) is 15.1 Å². The summed E-state index contributed by atoms with van der Waals surface area (Å²) < 4.78 is 10.4. The third-order valence-electron chi connectivity index (χ3n) is 3.16. The Kier molecular flexibility index (Phi) is 6.42. The van der Waals surface area contributed by atoms with Gasteiger partial charge < -0.3 is 19.7 Å². The van der Waals surface area contributed by atoms with Gasteiger partial charge in [-0.2, -0.15) is 0 Å². The van der Waals surface area contributed by atoms with Crippen LogP contribution in [-0.2, 0) is 14.3 Å². The lowest BCUT2D eigenvalue weighted by Gasteiger charge is -2.37. The minimum absolute atomic E-state index is 0.106. The van der Waals surface area contributed by atoms with E-state index < -0.39 is 17.7 Å². The van der Waals surface area contributed by atoms with Crippen molar-refractivity contribution in [3.05, 3.63) is 0 Å². The third-order valence-corrected chi connectivity index (χ3v) is 3.16. The van der Waals surface area contributed by atoms with Crippen LogP contribution in [0.2, 0.25) is 0 Å². The highest BCUT2D eigenvalue weighted by Crippen LogP contribution is 2.14. The number of carbonyl (C=O) groups excluding carboxylic acids is 2. The maximum Gasteiger partial charge on any atom is 0.411 e. The molecule has 1 atom stereocenters. The topological polar surface area (TPSA) is 71.1 Å². The van der Waals surface area contributed by atoms with Gasteiger partial charge in [0.25, 0.3) is 0 Å². The van der Waals surface area contributed by atoms with E-state index in [9.17, 15) is 9.59 Å². The van der Waals surface area contributed by atoms with Crippen molar-refractivity contribution in [2.24, 2.45) is 0 Å². The number of piperazine rings is 1. The van der Waals surface area contributed by atoms with E-state index in [4.69, 9.17) is 9.47 Å². The molecule has 21 heavy (non-hydrogen) atoms. The van der Waals surface area contributed by atoms with Crippen molar-refractivity contribution in [2.45, 2.75) is 32.4 Å². The normalized spacial score (nSPS) is 19.3. The number of likely N-dealkylation sites (N-methyl/N-ethyl adjacent to an activating group) is 1. The number of hydrogen-bond donors (Lipinski definition) is 1. The van der Waals surface area contributed by atoms with Gasteiger partial charge in [0.15, 0.2) is 0 Å². The van der Waals surface area contributed by atoms with Crippen LogP contribution in [0, 0.1) is 0 Å². The maximum atomic E-state index is 12.5. The van der Waals surface area contributed by atoms with E-state index in [-0.39, 0.29) is 5.91 Å². The molecular formula is C14H27N3O4. The van der Waals surface area contributed by atoms with E-state index in [0.29, 0.717) is 32.8 Å². The molecule has 0 aromatic heterocycles. The predicted octanol–water partition coefficient (Wildman–Crippen LogP) is 0.300. The Morgan fingerprint density at radius 3 is 2.62 bits per heavy atom. The van der Waals surface area contributed by atoms with E-state index in [1.807, 2.05) is 20.8 Å². The standard InChI is InChI=1S/C14H27N3O4/c1-14(2,3)21-13(19)17-7-6-15-10-11(17)12(18)16(4)8-9-20-5/h11,15H,6-10H2,1-5H3. The zero-order chi connectivity index (χ0) is 16.0. The second-order valence-corrected chi connectivity index (χ2v) is 6.15. The summed E-state index contributed by atoms with van der Waals surface area (Å²) in [5.74, 6) is -0.106. The number of carbonyl (C=O) groups is 2. The average molecular weight is 301 g/mol. The zero-order valence-electron chi connectivity index (χ0n) is 13.6. The Labute approximate surface area is 126 Å². The lowest BCUT2D eigenvalue weighted by Crippen LogP contribution is -2.60. The maximum absolute atomic E-state index is 12.5. The highest BCUT2D eigenvalue weighted by Gasteiger charge is 2.36. The van der Waals surface area contributed by atoms with E-state index in [1.165, 1.54) is 4.90 Å². The predicted molar refractivity (Wildman–Crippen MR) is 79.1 cm³/mol.